The van der Waals surface area contributed by atoms with E-state index in [2.05, 4.69) is 21.2 Å². The fourth-order valence-corrected chi connectivity index (χ4v) is 2.14. The number of benzene rings is 2. The van der Waals surface area contributed by atoms with Crippen LogP contribution in [0.25, 0.3) is 0 Å². The Morgan fingerprint density at radius 2 is 2.10 bits per heavy atom. The Hall–Kier alpha value is -2.52. The Morgan fingerprint density at radius 3 is 2.71 bits per heavy atom. The quantitative estimate of drug-likeness (QED) is 0.836. The highest BCUT2D eigenvalue weighted by Gasteiger charge is 2.13. The molecular weight excluding hydrogens is 334 g/mol. The van der Waals surface area contributed by atoms with E-state index in [0.717, 1.165) is 4.47 Å². The summed E-state index contributed by atoms with van der Waals surface area (Å²) in [6.45, 7) is 0. The number of nitrogens with one attached hydrogen (secondary N) is 1. The van der Waals surface area contributed by atoms with Crippen LogP contribution in [0.2, 0.25) is 0 Å². The molecule has 0 bridgehead atoms. The van der Waals surface area contributed by atoms with Crippen molar-refractivity contribution in [2.24, 2.45) is 0 Å². The molecule has 0 radical (unpaired) electrons. The molecule has 21 heavy (non-hydrogen) atoms. The minimum absolute atomic E-state index is 0.306. The predicted molar refractivity (Wildman–Crippen MR) is 84.2 cm³/mol. The normalized spacial score (nSPS) is 9.76. The number of halogens is 1. The van der Waals surface area contributed by atoms with E-state index in [1.807, 2.05) is 6.07 Å². The lowest BCUT2D eigenvalue weighted by Crippen LogP contribution is -2.15. The summed E-state index contributed by atoms with van der Waals surface area (Å²) in [7, 11) is 1.52. The minimum Gasteiger partial charge on any atom is -0.497 e. The molecule has 106 valence electrons. The maximum absolute atomic E-state index is 12.3. The number of hydrogen-bond acceptors (Lipinski definition) is 4. The van der Waals surface area contributed by atoms with Gasteiger partial charge in [0.05, 0.1) is 23.9 Å². The number of nitrogens with two attached hydrogens (primary N) is 1. The molecule has 0 fully saturated rings. The van der Waals surface area contributed by atoms with Crippen LogP contribution in [0, 0.1) is 11.3 Å². The molecule has 1 amide bonds. The van der Waals surface area contributed by atoms with Crippen molar-refractivity contribution in [1.29, 1.82) is 5.26 Å². The van der Waals surface area contributed by atoms with Crippen molar-refractivity contribution in [3.63, 3.8) is 0 Å². The van der Waals surface area contributed by atoms with Crippen LogP contribution < -0.4 is 15.8 Å². The molecule has 2 rings (SSSR count). The number of carbonyl (C=O) groups excluding carboxylic acids is 1. The van der Waals surface area contributed by atoms with E-state index >= 15 is 0 Å². The molecule has 6 heteroatoms. The molecule has 0 spiro atoms. The lowest BCUT2D eigenvalue weighted by molar-refractivity contribution is 0.102. The predicted octanol–water partition coefficient (Wildman–Crippen LogP) is 3.16. The van der Waals surface area contributed by atoms with Gasteiger partial charge in [-0.05, 0) is 30.3 Å². The van der Waals surface area contributed by atoms with Gasteiger partial charge in [-0.2, -0.15) is 5.26 Å². The van der Waals surface area contributed by atoms with E-state index in [1.54, 1.807) is 36.4 Å². The first-order chi connectivity index (χ1) is 10.0. The van der Waals surface area contributed by atoms with Crippen LogP contribution in [0.15, 0.2) is 40.9 Å². The van der Waals surface area contributed by atoms with Crippen molar-refractivity contribution in [3.05, 3.63) is 52.0 Å². The van der Waals surface area contributed by atoms with E-state index in [-0.39, 0.29) is 5.91 Å². The van der Waals surface area contributed by atoms with Crippen molar-refractivity contribution in [1.82, 2.24) is 0 Å². The number of nitriles is 1. The van der Waals surface area contributed by atoms with E-state index in [4.69, 9.17) is 15.7 Å². The minimum atomic E-state index is -0.384. The zero-order chi connectivity index (χ0) is 15.4. The zero-order valence-corrected chi connectivity index (χ0v) is 12.8. The lowest BCUT2D eigenvalue weighted by atomic mass is 10.1. The van der Waals surface area contributed by atoms with Gasteiger partial charge in [-0.3, -0.25) is 4.79 Å². The Kier molecular flexibility index (Phi) is 4.45. The van der Waals surface area contributed by atoms with Gasteiger partial charge in [0, 0.05) is 16.2 Å². The van der Waals surface area contributed by atoms with Crippen LogP contribution >= 0.6 is 15.9 Å². The Morgan fingerprint density at radius 1 is 1.33 bits per heavy atom. The standard InChI is InChI=1S/C15H12BrN3O2/c1-21-11-4-5-12(13(18)7-11)15(20)19-14-6-10(16)3-2-9(14)8-17/h2-7H,18H2,1H3,(H,19,20). The smallest absolute Gasteiger partial charge is 0.257 e. The molecule has 0 aliphatic carbocycles. The average molecular weight is 346 g/mol. The Bertz CT molecular complexity index is 738. The van der Waals surface area contributed by atoms with Gasteiger partial charge in [0.15, 0.2) is 0 Å². The number of nitrogen functional groups attached to an aromatic ring is 1. The van der Waals surface area contributed by atoms with E-state index in [9.17, 15) is 4.79 Å². The molecule has 0 aliphatic rings. The largest absolute Gasteiger partial charge is 0.497 e. The summed E-state index contributed by atoms with van der Waals surface area (Å²) >= 11 is 3.30. The van der Waals surface area contributed by atoms with E-state index < -0.39 is 0 Å². The van der Waals surface area contributed by atoms with Gasteiger partial charge in [0.1, 0.15) is 11.8 Å². The van der Waals surface area contributed by atoms with Crippen molar-refractivity contribution in [2.45, 2.75) is 0 Å². The first kappa shape index (κ1) is 14.9. The maximum atomic E-state index is 12.3. The van der Waals surface area contributed by atoms with Gasteiger partial charge in [0.2, 0.25) is 0 Å². The van der Waals surface area contributed by atoms with Crippen LogP contribution in [0.1, 0.15) is 15.9 Å². The number of amides is 1. The zero-order valence-electron chi connectivity index (χ0n) is 11.2. The number of anilines is 2. The summed E-state index contributed by atoms with van der Waals surface area (Å²) in [5.41, 5.74) is 7.26. The van der Waals surface area contributed by atoms with Gasteiger partial charge >= 0.3 is 0 Å². The van der Waals surface area contributed by atoms with Gasteiger partial charge in [0.25, 0.3) is 5.91 Å². The van der Waals surface area contributed by atoms with E-state index in [1.165, 1.54) is 7.11 Å². The van der Waals surface area contributed by atoms with Gasteiger partial charge in [-0.1, -0.05) is 15.9 Å². The molecule has 5 nitrogen and oxygen atoms in total. The summed E-state index contributed by atoms with van der Waals surface area (Å²) in [6.07, 6.45) is 0. The number of methoxy groups -OCH3 is 1. The average Bonchev–Trinajstić information content (AvgIpc) is 2.47. The number of ether oxygens (including phenoxy) is 1. The van der Waals surface area contributed by atoms with Gasteiger partial charge in [-0.25, -0.2) is 0 Å². The second-order valence-electron chi connectivity index (χ2n) is 4.21. The Balaban J connectivity index is 2.30. The van der Waals surface area contributed by atoms with Crippen molar-refractivity contribution >= 4 is 33.2 Å². The first-order valence-corrected chi connectivity index (χ1v) is 6.79. The third kappa shape index (κ3) is 3.33. The summed E-state index contributed by atoms with van der Waals surface area (Å²) in [5, 5.41) is 11.7. The van der Waals surface area contributed by atoms with Gasteiger partial charge < -0.3 is 15.8 Å². The second kappa shape index (κ2) is 6.29. The number of carbonyl (C=O) groups is 1. The summed E-state index contributed by atoms with van der Waals surface area (Å²) in [4.78, 5) is 12.3. The Labute approximate surface area is 130 Å². The molecule has 0 aliphatic heterocycles. The highest BCUT2D eigenvalue weighted by atomic mass is 79.9. The maximum Gasteiger partial charge on any atom is 0.257 e. The molecule has 2 aromatic rings. The van der Waals surface area contributed by atoms with Crippen LogP contribution in [0.5, 0.6) is 5.75 Å². The van der Waals surface area contributed by atoms with E-state index in [0.29, 0.717) is 28.3 Å². The third-order valence-electron chi connectivity index (χ3n) is 2.85. The molecular formula is C15H12BrN3O2. The van der Waals surface area contributed by atoms with Crippen molar-refractivity contribution in [2.75, 3.05) is 18.2 Å². The molecule has 0 saturated heterocycles. The SMILES string of the molecule is COc1ccc(C(=O)Nc2cc(Br)ccc2C#N)c(N)c1. The first-order valence-electron chi connectivity index (χ1n) is 5.99. The van der Waals surface area contributed by atoms with Crippen LogP contribution in [0.3, 0.4) is 0 Å². The van der Waals surface area contributed by atoms with Crippen LogP contribution in [0.4, 0.5) is 11.4 Å². The molecule has 3 N–H and O–H groups in total. The van der Waals surface area contributed by atoms with Gasteiger partial charge in [-0.15, -0.1) is 0 Å². The van der Waals surface area contributed by atoms with Crippen LogP contribution in [-0.4, -0.2) is 13.0 Å². The molecule has 0 aromatic heterocycles. The third-order valence-corrected chi connectivity index (χ3v) is 3.35. The fraction of sp³-hybridized carbons (Fsp3) is 0.0667. The van der Waals surface area contributed by atoms with Crippen molar-refractivity contribution in [3.8, 4) is 11.8 Å². The van der Waals surface area contributed by atoms with Crippen molar-refractivity contribution < 1.29 is 9.53 Å². The lowest BCUT2D eigenvalue weighted by Gasteiger charge is -2.10. The monoisotopic (exact) mass is 345 g/mol. The topological polar surface area (TPSA) is 88.1 Å². The number of rotatable bonds is 3. The highest BCUT2D eigenvalue weighted by Crippen LogP contribution is 2.24. The molecule has 0 unspecified atom stereocenters. The summed E-state index contributed by atoms with van der Waals surface area (Å²) in [5.74, 6) is 0.189. The van der Waals surface area contributed by atoms with Crippen LogP contribution in [-0.2, 0) is 0 Å². The molecule has 0 saturated carbocycles. The molecule has 0 heterocycles. The highest BCUT2D eigenvalue weighted by molar-refractivity contribution is 9.10. The second-order valence-corrected chi connectivity index (χ2v) is 5.12. The summed E-state index contributed by atoms with van der Waals surface area (Å²) < 4.78 is 5.80. The fourth-order valence-electron chi connectivity index (χ4n) is 1.78. The number of hydrogen-bond donors (Lipinski definition) is 2. The molecule has 0 atom stereocenters. The molecule has 2 aromatic carbocycles. The summed E-state index contributed by atoms with van der Waals surface area (Å²) in [6, 6.07) is 11.8. The number of nitrogens with zero attached hydrogens (tertiary/aromatic N) is 1.